The molecule has 10 heteroatoms. The summed E-state index contributed by atoms with van der Waals surface area (Å²) >= 11 is 14.4. The van der Waals surface area contributed by atoms with Crippen molar-refractivity contribution >= 4 is 58.7 Å². The molecule has 1 rings (SSSR count). The van der Waals surface area contributed by atoms with Crippen molar-refractivity contribution in [3.63, 3.8) is 0 Å². The van der Waals surface area contributed by atoms with Crippen molar-refractivity contribution in [2.45, 2.75) is 18.1 Å². The zero-order valence-electron chi connectivity index (χ0n) is 13.2. The average Bonchev–Trinajstić information content (AvgIpc) is 2.82. The number of methoxy groups -OCH3 is 1. The van der Waals surface area contributed by atoms with Crippen LogP contribution in [-0.2, 0) is 33.4 Å². The molecule has 0 aromatic rings. The second-order valence-corrected chi connectivity index (χ2v) is 5.35. The molecule has 0 aromatic heterocycles. The van der Waals surface area contributed by atoms with Gasteiger partial charge in [0.25, 0.3) is 0 Å². The normalized spacial score (nSPS) is 10.6. The Kier molecular flexibility index (Phi) is 19.7. The van der Waals surface area contributed by atoms with Crippen LogP contribution in [0.15, 0.2) is 37.1 Å². The Labute approximate surface area is 154 Å². The molecule has 24 heavy (non-hydrogen) atoms. The van der Waals surface area contributed by atoms with E-state index in [1.807, 2.05) is 0 Å². The van der Waals surface area contributed by atoms with Crippen molar-refractivity contribution in [1.82, 2.24) is 0 Å². The van der Waals surface area contributed by atoms with Crippen LogP contribution in [0, 0.1) is 0 Å². The van der Waals surface area contributed by atoms with Crippen molar-refractivity contribution < 1.29 is 33.4 Å². The van der Waals surface area contributed by atoms with E-state index in [4.69, 9.17) is 34.8 Å². The molecule has 0 fully saturated rings. The first kappa shape index (κ1) is 27.0. The summed E-state index contributed by atoms with van der Waals surface area (Å²) < 4.78 is 11.7. The smallest absolute Gasteiger partial charge is 0.338 e. The summed E-state index contributed by atoms with van der Waals surface area (Å²) in [6.07, 6.45) is 3.27. The molecule has 0 saturated carbocycles. The standard InChI is InChI=1S/C5H8O2.C4H2O3.C4H6O2.CHCl3/c1-4(2)5(6)7-3;5-3-1-2-4(6)7-3;1-3-6-4(2)5;2-1(3)4/h1H2,2-3H3;1-2H;3H,1H2,2H3;1H. The van der Waals surface area contributed by atoms with Gasteiger partial charge < -0.3 is 14.2 Å². The number of rotatable bonds is 2. The molecular formula is C14H17Cl3O7. The number of carbonyl (C=O) groups is 4. The molecule has 0 aliphatic carbocycles. The van der Waals surface area contributed by atoms with E-state index in [0.717, 1.165) is 18.4 Å². The lowest BCUT2D eigenvalue weighted by atomic mass is 10.4. The zero-order chi connectivity index (χ0) is 19.7. The Bertz CT molecular complexity index is 466. The van der Waals surface area contributed by atoms with Crippen LogP contribution in [0.1, 0.15) is 13.8 Å². The van der Waals surface area contributed by atoms with Gasteiger partial charge in [0.05, 0.1) is 13.4 Å². The predicted octanol–water partition coefficient (Wildman–Crippen LogP) is 3.04. The molecule has 1 aliphatic rings. The molecule has 136 valence electrons. The fraction of sp³-hybridized carbons (Fsp3) is 0.286. The molecule has 0 atom stereocenters. The van der Waals surface area contributed by atoms with Crippen molar-refractivity contribution in [2.24, 2.45) is 0 Å². The number of hydrogen-bond donors (Lipinski definition) is 0. The van der Waals surface area contributed by atoms with Crippen LogP contribution in [0.25, 0.3) is 0 Å². The van der Waals surface area contributed by atoms with Crippen LogP contribution < -0.4 is 0 Å². The summed E-state index contributed by atoms with van der Waals surface area (Å²) in [5.41, 5.74) is 0.433. The van der Waals surface area contributed by atoms with Crippen molar-refractivity contribution in [3.8, 4) is 0 Å². The van der Waals surface area contributed by atoms with Crippen LogP contribution in [0.2, 0.25) is 0 Å². The number of esters is 4. The maximum atomic E-state index is 10.2. The highest BCUT2D eigenvalue weighted by Crippen LogP contribution is 2.03. The third-order valence-electron chi connectivity index (χ3n) is 1.34. The van der Waals surface area contributed by atoms with Crippen LogP contribution in [-0.4, -0.2) is 35.3 Å². The van der Waals surface area contributed by atoms with E-state index in [-0.39, 0.29) is 11.9 Å². The van der Waals surface area contributed by atoms with Gasteiger partial charge in [-0.05, 0) is 6.92 Å². The highest BCUT2D eigenvalue weighted by atomic mass is 35.6. The van der Waals surface area contributed by atoms with Gasteiger partial charge in [-0.3, -0.25) is 4.79 Å². The van der Waals surface area contributed by atoms with Crippen LogP contribution >= 0.6 is 34.8 Å². The van der Waals surface area contributed by atoms with E-state index in [2.05, 4.69) is 27.4 Å². The monoisotopic (exact) mass is 402 g/mol. The number of hydrogen-bond acceptors (Lipinski definition) is 7. The third kappa shape index (κ3) is 28.3. The molecule has 0 unspecified atom stereocenters. The summed E-state index contributed by atoms with van der Waals surface area (Å²) in [6, 6.07) is 0. The van der Waals surface area contributed by atoms with E-state index in [1.165, 1.54) is 14.0 Å². The topological polar surface area (TPSA) is 96.0 Å². The molecular weight excluding hydrogens is 387 g/mol. The van der Waals surface area contributed by atoms with Gasteiger partial charge >= 0.3 is 23.9 Å². The maximum Gasteiger partial charge on any atom is 0.338 e. The van der Waals surface area contributed by atoms with Gasteiger partial charge in [0.15, 0.2) is 4.30 Å². The van der Waals surface area contributed by atoms with Crippen molar-refractivity contribution in [2.75, 3.05) is 7.11 Å². The van der Waals surface area contributed by atoms with Gasteiger partial charge in [0, 0.05) is 24.6 Å². The molecule has 0 bridgehead atoms. The number of ether oxygens (including phenoxy) is 3. The van der Waals surface area contributed by atoms with E-state index in [0.29, 0.717) is 5.57 Å². The second-order valence-electron chi connectivity index (χ2n) is 3.37. The molecule has 0 N–H and O–H groups in total. The summed E-state index contributed by atoms with van der Waals surface area (Å²) in [7, 11) is 1.33. The number of alkyl halides is 3. The Morgan fingerprint density at radius 1 is 1.17 bits per heavy atom. The molecule has 0 amide bonds. The van der Waals surface area contributed by atoms with Crippen molar-refractivity contribution in [1.29, 1.82) is 0 Å². The van der Waals surface area contributed by atoms with Crippen molar-refractivity contribution in [3.05, 3.63) is 37.1 Å². The zero-order valence-corrected chi connectivity index (χ0v) is 15.5. The summed E-state index contributed by atoms with van der Waals surface area (Å²) in [6.45, 7) is 9.43. The number of carbonyl (C=O) groups excluding carboxylic acids is 4. The Hall–Kier alpha value is -1.83. The van der Waals surface area contributed by atoms with Gasteiger partial charge in [-0.15, -0.1) is 0 Å². The van der Waals surface area contributed by atoms with Gasteiger partial charge in [-0.1, -0.05) is 48.0 Å². The molecule has 0 aromatic carbocycles. The SMILES string of the molecule is C=C(C)C(=O)OC.C=COC(C)=O.ClC(Cl)Cl.O=C1C=CC(=O)O1. The largest absolute Gasteiger partial charge is 0.466 e. The minimum atomic E-state index is -0.750. The van der Waals surface area contributed by atoms with E-state index < -0.39 is 16.2 Å². The molecule has 7 nitrogen and oxygen atoms in total. The van der Waals surface area contributed by atoms with Gasteiger partial charge in [-0.25, -0.2) is 14.4 Å². The van der Waals surface area contributed by atoms with E-state index in [9.17, 15) is 19.2 Å². The molecule has 0 spiro atoms. The molecule has 1 aliphatic heterocycles. The lowest BCUT2D eigenvalue weighted by molar-refractivity contribution is -0.150. The summed E-state index contributed by atoms with van der Waals surface area (Å²) in [4.78, 5) is 39.8. The van der Waals surface area contributed by atoms with Crippen LogP contribution in [0.5, 0.6) is 0 Å². The van der Waals surface area contributed by atoms with E-state index in [1.54, 1.807) is 6.92 Å². The molecule has 0 saturated heterocycles. The highest BCUT2D eigenvalue weighted by molar-refractivity contribution is 6.63. The quantitative estimate of drug-likeness (QED) is 0.175. The van der Waals surface area contributed by atoms with Gasteiger partial charge in [-0.2, -0.15) is 0 Å². The second kappa shape index (κ2) is 17.5. The number of halogens is 3. The average molecular weight is 404 g/mol. The fourth-order valence-electron chi connectivity index (χ4n) is 0.595. The Morgan fingerprint density at radius 2 is 1.54 bits per heavy atom. The van der Waals surface area contributed by atoms with Crippen LogP contribution in [0.3, 0.4) is 0 Å². The lowest BCUT2D eigenvalue weighted by Gasteiger charge is -1.91. The summed E-state index contributed by atoms with van der Waals surface area (Å²) in [5, 5.41) is 0. The fourth-order valence-corrected chi connectivity index (χ4v) is 0.595. The van der Waals surface area contributed by atoms with Gasteiger partial charge in [0.1, 0.15) is 0 Å². The van der Waals surface area contributed by atoms with Gasteiger partial charge in [0.2, 0.25) is 0 Å². The maximum absolute atomic E-state index is 10.2. The molecule has 0 radical (unpaired) electrons. The minimum absolute atomic E-state index is 0.329. The predicted molar refractivity (Wildman–Crippen MR) is 90.4 cm³/mol. The van der Waals surface area contributed by atoms with E-state index >= 15 is 0 Å². The lowest BCUT2D eigenvalue weighted by Crippen LogP contribution is -1.98. The minimum Gasteiger partial charge on any atom is -0.466 e. The first-order valence-electron chi connectivity index (χ1n) is 5.85. The Morgan fingerprint density at radius 3 is 1.58 bits per heavy atom. The highest BCUT2D eigenvalue weighted by Gasteiger charge is 2.10. The first-order chi connectivity index (χ1) is 11.0. The van der Waals surface area contributed by atoms with Crippen LogP contribution in [0.4, 0.5) is 0 Å². The Balaban J connectivity index is -0.000000250. The first-order valence-corrected chi connectivity index (χ1v) is 7.16. The number of cyclic esters (lactones) is 2. The molecule has 1 heterocycles. The third-order valence-corrected chi connectivity index (χ3v) is 1.34. The summed E-state index contributed by atoms with van der Waals surface area (Å²) in [5.74, 6) is -1.83.